The molecule has 0 amide bonds. The molecule has 2 saturated carbocycles. The van der Waals surface area contributed by atoms with E-state index < -0.39 is 0 Å². The molecule has 0 N–H and O–H groups in total. The zero-order valence-corrected chi connectivity index (χ0v) is 10.7. The Balaban J connectivity index is 2.01. The highest BCUT2D eigenvalue weighted by atomic mass is 14.6. The van der Waals surface area contributed by atoms with Crippen LogP contribution >= 0.6 is 0 Å². The van der Waals surface area contributed by atoms with Crippen LogP contribution in [0.3, 0.4) is 0 Å². The first-order valence-corrected chi connectivity index (χ1v) is 6.61. The summed E-state index contributed by atoms with van der Waals surface area (Å²) in [6.07, 6.45) is 7.22. The van der Waals surface area contributed by atoms with Crippen molar-refractivity contribution in [2.45, 2.75) is 59.8 Å². The molecule has 0 bridgehead atoms. The van der Waals surface area contributed by atoms with Crippen LogP contribution in [0.2, 0.25) is 0 Å². The second kappa shape index (κ2) is 2.70. The molecule has 0 aliphatic heterocycles. The van der Waals surface area contributed by atoms with Crippen molar-refractivity contribution in [2.24, 2.45) is 22.7 Å². The standard InChI is InChI=1S/C15H24/c1-10-5-6-13-12(10)9-14(2,3)7-11-8-15(11,13)4/h11,13H,5-9H2,1-4H3/t11-,13-,15+/m1/s1. The van der Waals surface area contributed by atoms with E-state index in [-0.39, 0.29) is 0 Å². The van der Waals surface area contributed by atoms with Gasteiger partial charge in [0.25, 0.3) is 0 Å². The topological polar surface area (TPSA) is 0 Å². The van der Waals surface area contributed by atoms with Crippen LogP contribution in [-0.4, -0.2) is 0 Å². The Labute approximate surface area is 94.1 Å². The van der Waals surface area contributed by atoms with E-state index >= 15 is 0 Å². The fraction of sp³-hybridized carbons (Fsp3) is 0.867. The molecule has 84 valence electrons. The number of hydrogen-bond donors (Lipinski definition) is 0. The molecule has 0 unspecified atom stereocenters. The first-order valence-electron chi connectivity index (χ1n) is 6.61. The smallest absolute Gasteiger partial charge is 0.0141 e. The molecular formula is C15H24. The molecule has 2 fully saturated rings. The lowest BCUT2D eigenvalue weighted by atomic mass is 9.79. The highest BCUT2D eigenvalue weighted by Crippen LogP contribution is 2.69. The fourth-order valence-electron chi connectivity index (χ4n) is 4.45. The lowest BCUT2D eigenvalue weighted by Gasteiger charge is -2.26. The Hall–Kier alpha value is -0.260. The Morgan fingerprint density at radius 1 is 1.13 bits per heavy atom. The van der Waals surface area contributed by atoms with Crippen LogP contribution < -0.4 is 0 Å². The van der Waals surface area contributed by atoms with E-state index in [9.17, 15) is 0 Å². The third-order valence-corrected chi connectivity index (χ3v) is 5.50. The molecule has 3 rings (SSSR count). The second-order valence-electron chi connectivity index (χ2n) is 7.35. The first kappa shape index (κ1) is 9.93. The molecule has 15 heavy (non-hydrogen) atoms. The Morgan fingerprint density at radius 2 is 1.87 bits per heavy atom. The second-order valence-corrected chi connectivity index (χ2v) is 7.35. The van der Waals surface area contributed by atoms with Crippen LogP contribution in [0.4, 0.5) is 0 Å². The van der Waals surface area contributed by atoms with Gasteiger partial charge < -0.3 is 0 Å². The predicted octanol–water partition coefficient (Wildman–Crippen LogP) is 4.56. The highest BCUT2D eigenvalue weighted by molar-refractivity contribution is 5.30. The molecule has 0 heteroatoms. The van der Waals surface area contributed by atoms with E-state index in [1.807, 2.05) is 5.57 Å². The summed E-state index contributed by atoms with van der Waals surface area (Å²) in [6, 6.07) is 0. The van der Waals surface area contributed by atoms with Gasteiger partial charge in [0.15, 0.2) is 0 Å². The molecule has 0 aromatic rings. The van der Waals surface area contributed by atoms with Crippen molar-refractivity contribution >= 4 is 0 Å². The lowest BCUT2D eigenvalue weighted by Crippen LogP contribution is -2.14. The fourth-order valence-corrected chi connectivity index (χ4v) is 4.45. The average Bonchev–Trinajstić information content (AvgIpc) is 2.59. The summed E-state index contributed by atoms with van der Waals surface area (Å²) in [5, 5.41) is 0. The quantitative estimate of drug-likeness (QED) is 0.507. The summed E-state index contributed by atoms with van der Waals surface area (Å²) >= 11 is 0. The minimum atomic E-state index is 0.568. The monoisotopic (exact) mass is 204 g/mol. The van der Waals surface area contributed by atoms with E-state index in [1.54, 1.807) is 5.57 Å². The summed E-state index contributed by atoms with van der Waals surface area (Å²) < 4.78 is 0. The molecule has 0 heterocycles. The molecule has 3 aliphatic rings. The van der Waals surface area contributed by atoms with Gasteiger partial charge in [-0.05, 0) is 61.7 Å². The van der Waals surface area contributed by atoms with E-state index in [0.717, 1.165) is 11.8 Å². The Morgan fingerprint density at radius 3 is 2.60 bits per heavy atom. The minimum Gasteiger partial charge on any atom is -0.0738 e. The number of hydrogen-bond acceptors (Lipinski definition) is 0. The molecule has 0 spiro atoms. The van der Waals surface area contributed by atoms with Crippen LogP contribution in [0.15, 0.2) is 11.1 Å². The maximum atomic E-state index is 2.56. The van der Waals surface area contributed by atoms with Gasteiger partial charge in [-0.1, -0.05) is 31.9 Å². The summed E-state index contributed by atoms with van der Waals surface area (Å²) in [4.78, 5) is 0. The molecule has 0 saturated heterocycles. The normalized spacial score (nSPS) is 47.2. The van der Waals surface area contributed by atoms with Gasteiger partial charge in [-0.15, -0.1) is 0 Å². The number of rotatable bonds is 0. The van der Waals surface area contributed by atoms with Crippen LogP contribution in [0.25, 0.3) is 0 Å². The van der Waals surface area contributed by atoms with Gasteiger partial charge in [0, 0.05) is 0 Å². The van der Waals surface area contributed by atoms with Gasteiger partial charge in [0.2, 0.25) is 0 Å². The molecule has 3 atom stereocenters. The van der Waals surface area contributed by atoms with E-state index in [1.165, 1.54) is 32.1 Å². The predicted molar refractivity (Wildman–Crippen MR) is 64.7 cm³/mol. The van der Waals surface area contributed by atoms with Crippen molar-refractivity contribution in [3.8, 4) is 0 Å². The molecular weight excluding hydrogens is 180 g/mol. The van der Waals surface area contributed by atoms with Crippen molar-refractivity contribution in [1.82, 2.24) is 0 Å². The van der Waals surface area contributed by atoms with Crippen LogP contribution in [-0.2, 0) is 0 Å². The zero-order valence-electron chi connectivity index (χ0n) is 10.7. The van der Waals surface area contributed by atoms with Crippen molar-refractivity contribution in [3.63, 3.8) is 0 Å². The summed E-state index contributed by atoms with van der Waals surface area (Å²) in [7, 11) is 0. The Bertz CT molecular complexity index is 334. The first-order chi connectivity index (χ1) is 6.92. The summed E-state index contributed by atoms with van der Waals surface area (Å²) in [5.74, 6) is 2.00. The van der Waals surface area contributed by atoms with Crippen molar-refractivity contribution in [3.05, 3.63) is 11.1 Å². The SMILES string of the molecule is CC1=C2CC(C)(C)C[C@@H]3C[C@]3(C)[C@@H]2CC1. The van der Waals surface area contributed by atoms with Gasteiger partial charge in [0.1, 0.15) is 0 Å². The number of allylic oxidation sites excluding steroid dienone is 2. The van der Waals surface area contributed by atoms with Crippen LogP contribution in [0.1, 0.15) is 59.8 Å². The maximum absolute atomic E-state index is 2.56. The van der Waals surface area contributed by atoms with E-state index in [2.05, 4.69) is 27.7 Å². The maximum Gasteiger partial charge on any atom is -0.0141 e. The van der Waals surface area contributed by atoms with Gasteiger partial charge >= 0.3 is 0 Å². The summed E-state index contributed by atoms with van der Waals surface area (Å²) in [5.41, 5.74) is 4.88. The molecule has 3 aliphatic carbocycles. The zero-order chi connectivity index (χ0) is 10.8. The third-order valence-electron chi connectivity index (χ3n) is 5.50. The van der Waals surface area contributed by atoms with Crippen LogP contribution in [0.5, 0.6) is 0 Å². The minimum absolute atomic E-state index is 0.568. The van der Waals surface area contributed by atoms with Crippen LogP contribution in [0, 0.1) is 22.7 Å². The van der Waals surface area contributed by atoms with E-state index in [4.69, 9.17) is 0 Å². The van der Waals surface area contributed by atoms with Gasteiger partial charge in [0.05, 0.1) is 0 Å². The largest absolute Gasteiger partial charge is 0.0738 e. The van der Waals surface area contributed by atoms with Crippen molar-refractivity contribution in [2.75, 3.05) is 0 Å². The number of fused-ring (bicyclic) bond motifs is 3. The molecule has 0 aromatic carbocycles. The van der Waals surface area contributed by atoms with E-state index in [0.29, 0.717) is 10.8 Å². The van der Waals surface area contributed by atoms with Gasteiger partial charge in [-0.2, -0.15) is 0 Å². The lowest BCUT2D eigenvalue weighted by molar-refractivity contribution is 0.307. The highest BCUT2D eigenvalue weighted by Gasteiger charge is 2.59. The van der Waals surface area contributed by atoms with Gasteiger partial charge in [-0.3, -0.25) is 0 Å². The molecule has 0 nitrogen and oxygen atoms in total. The van der Waals surface area contributed by atoms with Crippen molar-refractivity contribution < 1.29 is 0 Å². The summed E-state index contributed by atoms with van der Waals surface area (Å²) in [6.45, 7) is 9.90. The molecule has 0 radical (unpaired) electrons. The average molecular weight is 204 g/mol. The van der Waals surface area contributed by atoms with Gasteiger partial charge in [-0.25, -0.2) is 0 Å². The third kappa shape index (κ3) is 1.33. The Kier molecular flexibility index (Phi) is 1.79. The van der Waals surface area contributed by atoms with Crippen molar-refractivity contribution in [1.29, 1.82) is 0 Å². The molecule has 0 aromatic heterocycles.